The molecule has 144 valence electrons. The average Bonchev–Trinajstić information content (AvgIpc) is 3.14. The van der Waals surface area contributed by atoms with Crippen LogP contribution in [-0.2, 0) is 10.0 Å². The van der Waals surface area contributed by atoms with Gasteiger partial charge in [0.05, 0.1) is 30.7 Å². The number of ether oxygens (including phenoxy) is 1. The molecule has 1 fully saturated rings. The largest absolute Gasteiger partial charge is 0.497 e. The van der Waals surface area contributed by atoms with Crippen molar-refractivity contribution in [3.05, 3.63) is 52.5 Å². The Labute approximate surface area is 167 Å². The summed E-state index contributed by atoms with van der Waals surface area (Å²) in [6, 6.07) is 11.9. The van der Waals surface area contributed by atoms with E-state index in [1.165, 1.54) is 7.11 Å². The van der Waals surface area contributed by atoms with E-state index < -0.39 is 10.0 Å². The number of halogens is 1. The minimum absolute atomic E-state index is 0.0113. The third kappa shape index (κ3) is 3.14. The zero-order chi connectivity index (χ0) is 19.2. The molecule has 2 N–H and O–H groups in total. The summed E-state index contributed by atoms with van der Waals surface area (Å²) in [6.45, 7) is 0.378. The SMILES string of the molecule is COc1cccc(S(=O)(=O)N2CC[C@H]3[C@H](CO)Nc4ccc(Br)cc4[C@H]32)c1. The van der Waals surface area contributed by atoms with Crippen LogP contribution >= 0.6 is 15.9 Å². The third-order valence-corrected chi connectivity index (χ3v) is 7.80. The predicted octanol–water partition coefficient (Wildman–Crippen LogP) is 3.00. The highest BCUT2D eigenvalue weighted by Gasteiger charge is 2.48. The second kappa shape index (κ2) is 7.09. The van der Waals surface area contributed by atoms with Gasteiger partial charge in [-0.1, -0.05) is 22.0 Å². The van der Waals surface area contributed by atoms with Crippen LogP contribution in [-0.4, -0.2) is 44.1 Å². The number of aliphatic hydroxyl groups is 1. The number of sulfonamides is 1. The van der Waals surface area contributed by atoms with Gasteiger partial charge in [-0.05, 0) is 42.3 Å². The molecule has 8 heteroatoms. The molecule has 27 heavy (non-hydrogen) atoms. The van der Waals surface area contributed by atoms with Gasteiger partial charge in [-0.2, -0.15) is 4.31 Å². The van der Waals surface area contributed by atoms with Crippen LogP contribution < -0.4 is 10.1 Å². The Morgan fingerprint density at radius 2 is 2.11 bits per heavy atom. The maximum absolute atomic E-state index is 13.4. The molecule has 3 atom stereocenters. The molecule has 2 aromatic rings. The van der Waals surface area contributed by atoms with Gasteiger partial charge in [0.1, 0.15) is 5.75 Å². The number of hydrogen-bond acceptors (Lipinski definition) is 5. The maximum atomic E-state index is 13.4. The summed E-state index contributed by atoms with van der Waals surface area (Å²) in [5, 5.41) is 13.2. The van der Waals surface area contributed by atoms with Crippen LogP contribution in [0.25, 0.3) is 0 Å². The Kier molecular flexibility index (Phi) is 4.92. The molecule has 0 aromatic heterocycles. The van der Waals surface area contributed by atoms with Crippen molar-refractivity contribution in [2.45, 2.75) is 23.4 Å². The number of anilines is 1. The number of methoxy groups -OCH3 is 1. The molecule has 4 rings (SSSR count). The molecule has 2 aliphatic rings. The smallest absolute Gasteiger partial charge is 0.243 e. The Hall–Kier alpha value is -1.61. The maximum Gasteiger partial charge on any atom is 0.243 e. The predicted molar refractivity (Wildman–Crippen MR) is 106 cm³/mol. The molecular weight excluding hydrogens is 432 g/mol. The molecule has 0 saturated carbocycles. The number of aliphatic hydroxyl groups excluding tert-OH is 1. The minimum Gasteiger partial charge on any atom is -0.497 e. The number of rotatable bonds is 4. The van der Waals surface area contributed by atoms with Crippen LogP contribution in [0.15, 0.2) is 51.8 Å². The van der Waals surface area contributed by atoms with Crippen molar-refractivity contribution < 1.29 is 18.3 Å². The summed E-state index contributed by atoms with van der Waals surface area (Å²) in [5.41, 5.74) is 1.80. The van der Waals surface area contributed by atoms with Crippen LogP contribution in [0, 0.1) is 5.92 Å². The first-order valence-corrected chi connectivity index (χ1v) is 11.0. The van der Waals surface area contributed by atoms with Gasteiger partial charge in [-0.3, -0.25) is 0 Å². The average molecular weight is 453 g/mol. The van der Waals surface area contributed by atoms with E-state index in [0.29, 0.717) is 18.7 Å². The van der Waals surface area contributed by atoms with E-state index >= 15 is 0 Å². The Balaban J connectivity index is 1.80. The normalized spacial score (nSPS) is 24.8. The van der Waals surface area contributed by atoms with Crippen LogP contribution in [0.1, 0.15) is 18.0 Å². The lowest BCUT2D eigenvalue weighted by Crippen LogP contribution is -2.42. The zero-order valence-electron chi connectivity index (χ0n) is 14.8. The summed E-state index contributed by atoms with van der Waals surface area (Å²) in [6.07, 6.45) is 0.693. The fraction of sp³-hybridized carbons (Fsp3) is 0.368. The van der Waals surface area contributed by atoms with Crippen molar-refractivity contribution in [1.29, 1.82) is 0 Å². The highest BCUT2D eigenvalue weighted by atomic mass is 79.9. The van der Waals surface area contributed by atoms with Crippen molar-refractivity contribution >= 4 is 31.6 Å². The highest BCUT2D eigenvalue weighted by molar-refractivity contribution is 9.10. The van der Waals surface area contributed by atoms with Crippen LogP contribution in [0.4, 0.5) is 5.69 Å². The van der Waals surface area contributed by atoms with E-state index in [1.807, 2.05) is 18.2 Å². The summed E-state index contributed by atoms with van der Waals surface area (Å²) in [7, 11) is -2.18. The van der Waals surface area contributed by atoms with E-state index in [2.05, 4.69) is 21.2 Å². The molecule has 0 radical (unpaired) electrons. The van der Waals surface area contributed by atoms with Crippen LogP contribution in [0.5, 0.6) is 5.75 Å². The summed E-state index contributed by atoms with van der Waals surface area (Å²) < 4.78 is 34.5. The van der Waals surface area contributed by atoms with Crippen molar-refractivity contribution in [3.8, 4) is 5.75 Å². The molecule has 2 aliphatic heterocycles. The summed E-state index contributed by atoms with van der Waals surface area (Å²) in [4.78, 5) is 0.220. The van der Waals surface area contributed by atoms with Crippen molar-refractivity contribution in [2.24, 2.45) is 5.92 Å². The van der Waals surface area contributed by atoms with E-state index in [9.17, 15) is 13.5 Å². The van der Waals surface area contributed by atoms with Gasteiger partial charge < -0.3 is 15.2 Å². The van der Waals surface area contributed by atoms with Crippen LogP contribution in [0.2, 0.25) is 0 Å². The second-order valence-electron chi connectivity index (χ2n) is 6.86. The first-order chi connectivity index (χ1) is 13.0. The van der Waals surface area contributed by atoms with E-state index in [-0.39, 0.29) is 29.5 Å². The molecule has 6 nitrogen and oxygen atoms in total. The van der Waals surface area contributed by atoms with Crippen molar-refractivity contribution in [1.82, 2.24) is 4.31 Å². The van der Waals surface area contributed by atoms with Gasteiger partial charge >= 0.3 is 0 Å². The van der Waals surface area contributed by atoms with Gasteiger partial charge in [0.25, 0.3) is 0 Å². The lowest BCUT2D eigenvalue weighted by molar-refractivity contribution is 0.210. The van der Waals surface area contributed by atoms with E-state index in [0.717, 1.165) is 15.7 Å². The number of nitrogens with one attached hydrogen (secondary N) is 1. The van der Waals surface area contributed by atoms with E-state index in [4.69, 9.17) is 4.74 Å². The van der Waals surface area contributed by atoms with Gasteiger partial charge in [-0.25, -0.2) is 8.42 Å². The molecule has 0 bridgehead atoms. The third-order valence-electron chi connectivity index (χ3n) is 5.43. The number of nitrogens with zero attached hydrogens (tertiary/aromatic N) is 1. The summed E-state index contributed by atoms with van der Waals surface area (Å²) >= 11 is 3.49. The number of benzene rings is 2. The standard InChI is InChI=1S/C19H21BrN2O4S/c1-26-13-3-2-4-14(10-13)27(24,25)22-8-7-15-18(11-23)21-17-6-5-12(20)9-16(17)19(15)22/h2-6,9-10,15,18-19,21,23H,7-8,11H2,1H3/t15-,18-,19-/m0/s1. The Bertz CT molecular complexity index is 966. The fourth-order valence-electron chi connectivity index (χ4n) is 4.16. The lowest BCUT2D eigenvalue weighted by atomic mass is 9.84. The molecule has 0 amide bonds. The molecule has 0 spiro atoms. The quantitative estimate of drug-likeness (QED) is 0.745. The second-order valence-corrected chi connectivity index (χ2v) is 9.66. The van der Waals surface area contributed by atoms with Crippen molar-refractivity contribution in [3.63, 3.8) is 0 Å². The van der Waals surface area contributed by atoms with Gasteiger partial charge in [0, 0.05) is 28.7 Å². The van der Waals surface area contributed by atoms with Crippen LogP contribution in [0.3, 0.4) is 0 Å². The monoisotopic (exact) mass is 452 g/mol. The molecule has 2 heterocycles. The molecule has 2 aromatic carbocycles. The number of hydrogen-bond donors (Lipinski definition) is 2. The highest BCUT2D eigenvalue weighted by Crippen LogP contribution is 2.49. The van der Waals surface area contributed by atoms with Gasteiger partial charge in [0.15, 0.2) is 0 Å². The van der Waals surface area contributed by atoms with Gasteiger partial charge in [-0.15, -0.1) is 0 Å². The molecular formula is C19H21BrN2O4S. The fourth-order valence-corrected chi connectivity index (χ4v) is 6.24. The Morgan fingerprint density at radius 3 is 2.85 bits per heavy atom. The van der Waals surface area contributed by atoms with Gasteiger partial charge in [0.2, 0.25) is 10.0 Å². The summed E-state index contributed by atoms with van der Waals surface area (Å²) in [5.74, 6) is 0.519. The van der Waals surface area contributed by atoms with E-state index in [1.54, 1.807) is 28.6 Å². The Morgan fingerprint density at radius 1 is 1.30 bits per heavy atom. The topological polar surface area (TPSA) is 78.9 Å². The molecule has 1 saturated heterocycles. The molecule has 0 aliphatic carbocycles. The molecule has 0 unspecified atom stereocenters. The first kappa shape index (κ1) is 18.7. The zero-order valence-corrected chi connectivity index (χ0v) is 17.2. The number of fused-ring (bicyclic) bond motifs is 3. The van der Waals surface area contributed by atoms with Crippen molar-refractivity contribution in [2.75, 3.05) is 25.6 Å². The minimum atomic E-state index is -3.70. The lowest BCUT2D eigenvalue weighted by Gasteiger charge is -2.38. The first-order valence-electron chi connectivity index (χ1n) is 8.78.